The van der Waals surface area contributed by atoms with Gasteiger partial charge in [0.25, 0.3) is 0 Å². The van der Waals surface area contributed by atoms with Crippen LogP contribution >= 0.6 is 15.9 Å². The number of benzene rings is 1. The Kier molecular flexibility index (Phi) is 2.86. The van der Waals surface area contributed by atoms with E-state index in [1.54, 1.807) is 6.07 Å². The maximum absolute atomic E-state index is 9.85. The van der Waals surface area contributed by atoms with Gasteiger partial charge in [-0.1, -0.05) is 0 Å². The van der Waals surface area contributed by atoms with Gasteiger partial charge in [-0.05, 0) is 22.0 Å². The summed E-state index contributed by atoms with van der Waals surface area (Å²) in [7, 11) is 0. The van der Waals surface area contributed by atoms with Crippen molar-refractivity contribution in [3.8, 4) is 11.5 Å². The quantitative estimate of drug-likeness (QED) is 0.754. The topological polar surface area (TPSA) is 75.7 Å². The number of nitrogens with two attached hydrogens (primary N) is 1. The molecule has 1 heterocycles. The lowest BCUT2D eigenvalue weighted by atomic mass is 10.0. The van der Waals surface area contributed by atoms with Crippen LogP contribution in [0.2, 0.25) is 0 Å². The monoisotopic (exact) mass is 273 g/mol. The minimum absolute atomic E-state index is 0.0530. The first kappa shape index (κ1) is 10.7. The van der Waals surface area contributed by atoms with Gasteiger partial charge in [0, 0.05) is 24.1 Å². The summed E-state index contributed by atoms with van der Waals surface area (Å²) in [6.45, 7) is 0.675. The number of hydrogen-bond acceptors (Lipinski definition) is 4. The van der Waals surface area contributed by atoms with E-state index >= 15 is 0 Å². The van der Waals surface area contributed by atoms with E-state index in [4.69, 9.17) is 10.5 Å². The molecule has 15 heavy (non-hydrogen) atoms. The molecule has 4 N–H and O–H groups in total. The number of halogens is 1. The Bertz CT molecular complexity index is 395. The van der Waals surface area contributed by atoms with E-state index in [0.717, 1.165) is 12.0 Å². The van der Waals surface area contributed by atoms with Gasteiger partial charge >= 0.3 is 0 Å². The molecule has 1 aromatic rings. The summed E-state index contributed by atoms with van der Waals surface area (Å²) >= 11 is 3.30. The van der Waals surface area contributed by atoms with E-state index in [1.807, 2.05) is 0 Å². The molecule has 0 spiro atoms. The van der Waals surface area contributed by atoms with Gasteiger partial charge < -0.3 is 20.7 Å². The van der Waals surface area contributed by atoms with Gasteiger partial charge in [-0.25, -0.2) is 0 Å². The minimum atomic E-state index is -0.865. The third-order valence-electron chi connectivity index (χ3n) is 2.52. The van der Waals surface area contributed by atoms with Crippen LogP contribution in [0.25, 0.3) is 0 Å². The molecular formula is C10H12BrNO3. The van der Waals surface area contributed by atoms with Crippen LogP contribution in [0.3, 0.4) is 0 Å². The van der Waals surface area contributed by atoms with Crippen molar-refractivity contribution in [1.82, 2.24) is 0 Å². The van der Waals surface area contributed by atoms with E-state index in [2.05, 4.69) is 15.9 Å². The number of aromatic hydroxyl groups is 1. The van der Waals surface area contributed by atoms with Gasteiger partial charge in [0.2, 0.25) is 0 Å². The highest BCUT2D eigenvalue weighted by atomic mass is 79.9. The third kappa shape index (κ3) is 1.71. The number of aliphatic hydroxyl groups excluding tert-OH is 1. The lowest BCUT2D eigenvalue weighted by Crippen LogP contribution is -2.12. The molecule has 1 atom stereocenters. The molecule has 1 aliphatic heterocycles. The largest absolute Gasteiger partial charge is 0.506 e. The molecule has 4 nitrogen and oxygen atoms in total. The average molecular weight is 274 g/mol. The third-order valence-corrected chi connectivity index (χ3v) is 3.38. The van der Waals surface area contributed by atoms with Crippen molar-refractivity contribution in [3.63, 3.8) is 0 Å². The van der Waals surface area contributed by atoms with E-state index in [1.165, 1.54) is 0 Å². The summed E-state index contributed by atoms with van der Waals surface area (Å²) in [4.78, 5) is 0. The number of phenolic OH excluding ortho intramolecular Hbond substituents is 1. The Morgan fingerprint density at radius 1 is 1.60 bits per heavy atom. The van der Waals surface area contributed by atoms with Gasteiger partial charge in [0.15, 0.2) is 0 Å². The fourth-order valence-corrected chi connectivity index (χ4v) is 2.30. The van der Waals surface area contributed by atoms with Gasteiger partial charge in [0.05, 0.1) is 17.2 Å². The molecule has 2 rings (SSSR count). The van der Waals surface area contributed by atoms with Crippen molar-refractivity contribution < 1.29 is 14.9 Å². The van der Waals surface area contributed by atoms with Crippen LogP contribution in [0.15, 0.2) is 10.5 Å². The second kappa shape index (κ2) is 4.00. The van der Waals surface area contributed by atoms with Crippen LogP contribution in [0.1, 0.15) is 17.2 Å². The summed E-state index contributed by atoms with van der Waals surface area (Å²) in [6.07, 6.45) is -0.0987. The first-order chi connectivity index (χ1) is 7.15. The number of aliphatic hydroxyl groups is 1. The lowest BCUT2D eigenvalue weighted by Gasteiger charge is -2.14. The zero-order valence-corrected chi connectivity index (χ0v) is 9.62. The molecule has 0 saturated heterocycles. The molecule has 1 aromatic carbocycles. The molecule has 1 unspecified atom stereocenters. The van der Waals surface area contributed by atoms with Crippen LogP contribution in [-0.4, -0.2) is 23.4 Å². The Hall–Kier alpha value is -0.780. The van der Waals surface area contributed by atoms with Crippen molar-refractivity contribution in [3.05, 3.63) is 21.7 Å². The Balaban J connectivity index is 2.54. The molecule has 0 saturated carbocycles. The lowest BCUT2D eigenvalue weighted by molar-refractivity contribution is 0.182. The van der Waals surface area contributed by atoms with Gasteiger partial charge in [0.1, 0.15) is 11.5 Å². The first-order valence-corrected chi connectivity index (χ1v) is 5.49. The van der Waals surface area contributed by atoms with Crippen molar-refractivity contribution in [2.24, 2.45) is 5.73 Å². The predicted octanol–water partition coefficient (Wildman–Crippen LogP) is 1.08. The predicted molar refractivity (Wildman–Crippen MR) is 59.0 cm³/mol. The zero-order valence-electron chi connectivity index (χ0n) is 8.03. The highest BCUT2D eigenvalue weighted by Crippen LogP contribution is 2.42. The van der Waals surface area contributed by atoms with E-state index in [9.17, 15) is 10.2 Å². The Labute approximate surface area is 95.8 Å². The second-order valence-corrected chi connectivity index (χ2v) is 4.25. The molecule has 5 heteroatoms. The molecule has 0 aliphatic carbocycles. The number of hydrogen-bond donors (Lipinski definition) is 3. The highest BCUT2D eigenvalue weighted by Gasteiger charge is 2.23. The minimum Gasteiger partial charge on any atom is -0.506 e. The fraction of sp³-hybridized carbons (Fsp3) is 0.400. The van der Waals surface area contributed by atoms with Crippen molar-refractivity contribution >= 4 is 15.9 Å². The van der Waals surface area contributed by atoms with E-state index in [0.29, 0.717) is 22.4 Å². The standard InChI is InChI=1S/C10H12BrNO3/c11-9-5-1-2-15-8(5)3-6(10(9)14)7(13)4-12/h3,7,13-14H,1-2,4,12H2. The van der Waals surface area contributed by atoms with Crippen LogP contribution in [-0.2, 0) is 6.42 Å². The maximum atomic E-state index is 9.85. The summed E-state index contributed by atoms with van der Waals surface area (Å²) in [6, 6.07) is 1.65. The van der Waals surface area contributed by atoms with Gasteiger partial charge in [-0.3, -0.25) is 0 Å². The second-order valence-electron chi connectivity index (χ2n) is 3.46. The zero-order chi connectivity index (χ0) is 11.0. The molecule has 1 aliphatic rings. The summed E-state index contributed by atoms with van der Waals surface area (Å²) in [5, 5.41) is 19.4. The van der Waals surface area contributed by atoms with Crippen LogP contribution in [0, 0.1) is 0 Å². The normalized spacial score (nSPS) is 15.9. The summed E-state index contributed by atoms with van der Waals surface area (Å²) in [5.41, 5.74) is 6.70. The molecule has 0 amide bonds. The van der Waals surface area contributed by atoms with Gasteiger partial charge in [-0.2, -0.15) is 0 Å². The molecule has 0 radical (unpaired) electrons. The number of ether oxygens (including phenoxy) is 1. The van der Waals surface area contributed by atoms with Crippen LogP contribution in [0.4, 0.5) is 0 Å². The van der Waals surface area contributed by atoms with Crippen molar-refractivity contribution in [2.75, 3.05) is 13.2 Å². The smallest absolute Gasteiger partial charge is 0.136 e. The first-order valence-electron chi connectivity index (χ1n) is 4.70. The maximum Gasteiger partial charge on any atom is 0.136 e. The van der Waals surface area contributed by atoms with E-state index < -0.39 is 6.10 Å². The fourth-order valence-electron chi connectivity index (χ4n) is 1.68. The van der Waals surface area contributed by atoms with Crippen LogP contribution in [0.5, 0.6) is 11.5 Å². The van der Waals surface area contributed by atoms with Crippen molar-refractivity contribution in [1.29, 1.82) is 0 Å². The summed E-state index contributed by atoms with van der Waals surface area (Å²) < 4.78 is 5.97. The SMILES string of the molecule is NCC(O)c1cc2c(c(Br)c1O)CCO2. The molecule has 0 bridgehead atoms. The molecule has 82 valence electrons. The molecule has 0 aromatic heterocycles. The Morgan fingerprint density at radius 3 is 3.00 bits per heavy atom. The molecule has 0 fully saturated rings. The average Bonchev–Trinajstić information content (AvgIpc) is 2.70. The van der Waals surface area contributed by atoms with E-state index in [-0.39, 0.29) is 12.3 Å². The van der Waals surface area contributed by atoms with Crippen LogP contribution < -0.4 is 10.5 Å². The van der Waals surface area contributed by atoms with Gasteiger partial charge in [-0.15, -0.1) is 0 Å². The highest BCUT2D eigenvalue weighted by molar-refractivity contribution is 9.10. The number of rotatable bonds is 2. The number of fused-ring (bicyclic) bond motifs is 1. The number of phenols is 1. The summed E-state index contributed by atoms with van der Waals surface area (Å²) in [5.74, 6) is 0.763. The Morgan fingerprint density at radius 2 is 2.33 bits per heavy atom. The molecular weight excluding hydrogens is 262 g/mol. The van der Waals surface area contributed by atoms with Crippen molar-refractivity contribution in [2.45, 2.75) is 12.5 Å².